The van der Waals surface area contributed by atoms with Gasteiger partial charge in [0.15, 0.2) is 0 Å². The van der Waals surface area contributed by atoms with Crippen LogP contribution in [0.1, 0.15) is 6.42 Å². The van der Waals surface area contributed by atoms with E-state index >= 15 is 0 Å². The predicted molar refractivity (Wildman–Crippen MR) is 53.8 cm³/mol. The van der Waals surface area contributed by atoms with Gasteiger partial charge in [-0.05, 0) is 0 Å². The maximum absolute atomic E-state index is 10.6. The number of nitrogens with one attached hydrogen (secondary N) is 1. The topological polar surface area (TPSA) is 144 Å². The Balaban J connectivity index is 2.83. The lowest BCUT2D eigenvalue weighted by molar-refractivity contribution is -0.383. The summed E-state index contributed by atoms with van der Waals surface area (Å²) < 4.78 is 0. The maximum Gasteiger partial charge on any atom is 0.352 e. The molecular weight excluding hydrogens is 218 g/mol. The second-order valence-electron chi connectivity index (χ2n) is 2.78. The van der Waals surface area contributed by atoms with Gasteiger partial charge in [-0.25, -0.2) is 9.97 Å². The molecule has 0 bridgehead atoms. The van der Waals surface area contributed by atoms with E-state index in [0.717, 1.165) is 6.33 Å². The van der Waals surface area contributed by atoms with Crippen molar-refractivity contribution < 1.29 is 14.8 Å². The Morgan fingerprint density at radius 1 is 1.62 bits per heavy atom. The van der Waals surface area contributed by atoms with Crippen LogP contribution in [0.3, 0.4) is 0 Å². The summed E-state index contributed by atoms with van der Waals surface area (Å²) in [6.07, 6.45) is 0.881. The van der Waals surface area contributed by atoms with E-state index in [9.17, 15) is 14.9 Å². The summed E-state index contributed by atoms with van der Waals surface area (Å²) in [4.78, 5) is 27.2. The highest BCUT2D eigenvalue weighted by Gasteiger charge is 2.20. The number of carboxylic acid groups (broad SMARTS) is 1. The smallest absolute Gasteiger partial charge is 0.352 e. The first-order valence-corrected chi connectivity index (χ1v) is 4.23. The quantitative estimate of drug-likeness (QED) is 0.465. The molecule has 0 aliphatic carbocycles. The summed E-state index contributed by atoms with van der Waals surface area (Å²) in [5.74, 6) is -1.37. The molecule has 9 nitrogen and oxygen atoms in total. The average molecular weight is 227 g/mol. The van der Waals surface area contributed by atoms with Crippen LogP contribution >= 0.6 is 0 Å². The van der Waals surface area contributed by atoms with E-state index in [1.807, 2.05) is 0 Å². The molecule has 0 radical (unpaired) electrons. The zero-order chi connectivity index (χ0) is 12.1. The maximum atomic E-state index is 10.6. The normalized spacial score (nSPS) is 9.75. The molecule has 1 aromatic rings. The molecule has 0 unspecified atom stereocenters. The molecule has 1 heterocycles. The van der Waals surface area contributed by atoms with Crippen molar-refractivity contribution in [1.29, 1.82) is 0 Å². The molecule has 86 valence electrons. The Bertz CT molecular complexity index is 421. The van der Waals surface area contributed by atoms with Crippen LogP contribution in [0.4, 0.5) is 17.3 Å². The Hall–Kier alpha value is -2.45. The lowest BCUT2D eigenvalue weighted by atomic mass is 10.4. The molecule has 0 saturated carbocycles. The molecule has 0 aliphatic rings. The molecule has 9 heteroatoms. The molecule has 0 amide bonds. The van der Waals surface area contributed by atoms with Gasteiger partial charge in [0.05, 0.1) is 11.3 Å². The number of nitrogens with zero attached hydrogens (tertiary/aromatic N) is 3. The first kappa shape index (κ1) is 11.6. The van der Waals surface area contributed by atoms with Gasteiger partial charge in [-0.15, -0.1) is 0 Å². The van der Waals surface area contributed by atoms with Crippen molar-refractivity contribution in [3.05, 3.63) is 16.4 Å². The lowest BCUT2D eigenvalue weighted by Crippen LogP contribution is -2.11. The van der Waals surface area contributed by atoms with Gasteiger partial charge in [-0.2, -0.15) is 0 Å². The van der Waals surface area contributed by atoms with E-state index in [-0.39, 0.29) is 24.6 Å². The lowest BCUT2D eigenvalue weighted by Gasteiger charge is -2.04. The Labute approximate surface area is 89.5 Å². The number of rotatable bonds is 5. The van der Waals surface area contributed by atoms with Gasteiger partial charge in [-0.3, -0.25) is 14.9 Å². The van der Waals surface area contributed by atoms with Crippen molar-refractivity contribution in [3.63, 3.8) is 0 Å². The molecule has 4 N–H and O–H groups in total. The Morgan fingerprint density at radius 3 is 2.88 bits per heavy atom. The number of anilines is 2. The highest BCUT2D eigenvalue weighted by atomic mass is 16.6. The van der Waals surface area contributed by atoms with Gasteiger partial charge in [0.1, 0.15) is 6.33 Å². The SMILES string of the molecule is Nc1ncnc(NCCC(=O)O)c1[N+](=O)[O-]. The fourth-order valence-corrected chi connectivity index (χ4v) is 0.990. The van der Waals surface area contributed by atoms with E-state index < -0.39 is 16.6 Å². The zero-order valence-corrected chi connectivity index (χ0v) is 8.08. The fourth-order valence-electron chi connectivity index (χ4n) is 0.990. The van der Waals surface area contributed by atoms with Crippen molar-refractivity contribution in [2.75, 3.05) is 17.6 Å². The second-order valence-corrected chi connectivity index (χ2v) is 2.78. The van der Waals surface area contributed by atoms with Crippen LogP contribution in [0.25, 0.3) is 0 Å². The summed E-state index contributed by atoms with van der Waals surface area (Å²) in [7, 11) is 0. The number of hydrogen-bond donors (Lipinski definition) is 3. The van der Waals surface area contributed by atoms with E-state index in [2.05, 4.69) is 15.3 Å². The molecule has 1 aromatic heterocycles. The van der Waals surface area contributed by atoms with Gasteiger partial charge >= 0.3 is 11.7 Å². The monoisotopic (exact) mass is 227 g/mol. The number of nitrogen functional groups attached to an aromatic ring is 1. The third-order valence-electron chi connectivity index (χ3n) is 1.66. The van der Waals surface area contributed by atoms with Crippen molar-refractivity contribution >= 4 is 23.3 Å². The number of nitrogens with two attached hydrogens (primary N) is 1. The highest BCUT2D eigenvalue weighted by Crippen LogP contribution is 2.25. The largest absolute Gasteiger partial charge is 0.481 e. The number of aliphatic carboxylic acids is 1. The Morgan fingerprint density at radius 2 is 2.31 bits per heavy atom. The summed E-state index contributed by atoms with van der Waals surface area (Å²) in [6, 6.07) is 0. The van der Waals surface area contributed by atoms with Crippen molar-refractivity contribution in [2.45, 2.75) is 6.42 Å². The fraction of sp³-hybridized carbons (Fsp3) is 0.286. The number of carboxylic acids is 1. The minimum Gasteiger partial charge on any atom is -0.481 e. The van der Waals surface area contributed by atoms with Crippen LogP contribution in [0, 0.1) is 10.1 Å². The first-order valence-electron chi connectivity index (χ1n) is 4.23. The standard InChI is InChI=1S/C7H9N5O4/c8-6-5(12(15)16)7(11-3-10-6)9-2-1-4(13)14/h3H,1-2H2,(H,13,14)(H3,8,9,10,11). The molecule has 0 aliphatic heterocycles. The summed E-state index contributed by atoms with van der Waals surface area (Å²) in [5.41, 5.74) is 4.85. The van der Waals surface area contributed by atoms with E-state index in [0.29, 0.717) is 0 Å². The van der Waals surface area contributed by atoms with Crippen LogP contribution in [0.2, 0.25) is 0 Å². The molecular formula is C7H9N5O4. The average Bonchev–Trinajstić information content (AvgIpc) is 2.16. The molecule has 0 atom stereocenters. The van der Waals surface area contributed by atoms with Gasteiger partial charge < -0.3 is 16.2 Å². The minimum atomic E-state index is -1.02. The summed E-state index contributed by atoms with van der Waals surface area (Å²) in [5, 5.41) is 21.5. The molecule has 1 rings (SSSR count). The van der Waals surface area contributed by atoms with Gasteiger partial charge in [-0.1, -0.05) is 0 Å². The number of nitro groups is 1. The Kier molecular flexibility index (Phi) is 3.53. The number of aromatic nitrogens is 2. The van der Waals surface area contributed by atoms with Crippen LogP contribution < -0.4 is 11.1 Å². The number of carbonyl (C=O) groups is 1. The van der Waals surface area contributed by atoms with E-state index in [1.54, 1.807) is 0 Å². The van der Waals surface area contributed by atoms with Gasteiger partial charge in [0.2, 0.25) is 11.6 Å². The van der Waals surface area contributed by atoms with Gasteiger partial charge in [0.25, 0.3) is 0 Å². The summed E-state index contributed by atoms with van der Waals surface area (Å²) >= 11 is 0. The van der Waals surface area contributed by atoms with Crippen molar-refractivity contribution in [3.8, 4) is 0 Å². The third kappa shape index (κ3) is 2.77. The number of hydrogen-bond acceptors (Lipinski definition) is 7. The summed E-state index contributed by atoms with van der Waals surface area (Å²) in [6.45, 7) is 0.0205. The molecule has 16 heavy (non-hydrogen) atoms. The predicted octanol–water partition coefficient (Wildman–Crippen LogP) is -0.146. The second kappa shape index (κ2) is 4.87. The van der Waals surface area contributed by atoms with Crippen molar-refractivity contribution in [1.82, 2.24) is 9.97 Å². The molecule has 0 fully saturated rings. The van der Waals surface area contributed by atoms with E-state index in [1.165, 1.54) is 0 Å². The van der Waals surface area contributed by atoms with Crippen LogP contribution in [-0.4, -0.2) is 32.5 Å². The van der Waals surface area contributed by atoms with Crippen LogP contribution in [0.5, 0.6) is 0 Å². The van der Waals surface area contributed by atoms with Crippen LogP contribution in [-0.2, 0) is 4.79 Å². The highest BCUT2D eigenvalue weighted by molar-refractivity contribution is 5.69. The molecule has 0 saturated heterocycles. The van der Waals surface area contributed by atoms with Gasteiger partial charge in [0, 0.05) is 6.54 Å². The van der Waals surface area contributed by atoms with E-state index in [4.69, 9.17) is 10.8 Å². The van der Waals surface area contributed by atoms with Crippen molar-refractivity contribution in [2.24, 2.45) is 0 Å². The molecule has 0 spiro atoms. The zero-order valence-electron chi connectivity index (χ0n) is 8.08. The first-order chi connectivity index (χ1) is 7.52. The minimum absolute atomic E-state index is 0.0205. The van der Waals surface area contributed by atoms with Crippen LogP contribution in [0.15, 0.2) is 6.33 Å². The third-order valence-corrected chi connectivity index (χ3v) is 1.66. The molecule has 0 aromatic carbocycles.